The van der Waals surface area contributed by atoms with Crippen LogP contribution >= 0.6 is 0 Å². The van der Waals surface area contributed by atoms with Crippen LogP contribution < -0.4 is 0 Å². The first-order valence-electron chi connectivity index (χ1n) is 31.7. The number of carboxylic acids is 1. The zero-order chi connectivity index (χ0) is 54.7. The van der Waals surface area contributed by atoms with Gasteiger partial charge in [-0.1, -0.05) is 264 Å². The summed E-state index contributed by atoms with van der Waals surface area (Å²) in [7, 11) is 0. The van der Waals surface area contributed by atoms with Gasteiger partial charge in [0.1, 0.15) is 18.8 Å². The highest BCUT2D eigenvalue weighted by Crippen LogP contribution is 2.27. The number of aliphatic hydroxyl groups excluding tert-OH is 2. The maximum absolute atomic E-state index is 13.2. The molecule has 0 aromatic rings. The molecule has 440 valence electrons. The van der Waals surface area contributed by atoms with Crippen LogP contribution in [0.15, 0.2) is 12.2 Å². The molecule has 75 heavy (non-hydrogen) atoms. The molecule has 1 fully saturated rings. The third-order valence-electron chi connectivity index (χ3n) is 14.8. The second-order valence-corrected chi connectivity index (χ2v) is 22.1. The molecule has 3 N–H and O–H groups in total. The third kappa shape index (κ3) is 42.1. The van der Waals surface area contributed by atoms with E-state index in [-0.39, 0.29) is 25.9 Å². The molecular formula is C63H116O12. The molecule has 0 amide bonds. The van der Waals surface area contributed by atoms with Crippen LogP contribution in [-0.2, 0) is 42.9 Å². The van der Waals surface area contributed by atoms with Crippen molar-refractivity contribution >= 4 is 23.9 Å². The summed E-state index contributed by atoms with van der Waals surface area (Å²) >= 11 is 0. The predicted octanol–water partition coefficient (Wildman–Crippen LogP) is 16.5. The summed E-state index contributed by atoms with van der Waals surface area (Å²) in [5, 5.41) is 31.5. The number of rotatable bonds is 55. The van der Waals surface area contributed by atoms with Crippen LogP contribution in [-0.4, -0.2) is 89.2 Å². The number of esters is 3. The lowest BCUT2D eigenvalue weighted by Crippen LogP contribution is -2.61. The first-order chi connectivity index (χ1) is 36.6. The highest BCUT2D eigenvalue weighted by molar-refractivity contribution is 5.74. The number of unbranched alkanes of at least 4 members (excludes halogenated alkanes) is 39. The Morgan fingerprint density at radius 2 is 0.760 bits per heavy atom. The first-order valence-corrected chi connectivity index (χ1v) is 31.7. The lowest BCUT2D eigenvalue weighted by molar-refractivity contribution is -0.301. The largest absolute Gasteiger partial charge is 0.479 e. The van der Waals surface area contributed by atoms with Gasteiger partial charge in [0, 0.05) is 19.3 Å². The molecule has 12 heteroatoms. The Bertz CT molecular complexity index is 1360. The summed E-state index contributed by atoms with van der Waals surface area (Å²) < 4.78 is 28.5. The summed E-state index contributed by atoms with van der Waals surface area (Å²) in [5.41, 5.74) is 0. The highest BCUT2D eigenvalue weighted by atomic mass is 16.7. The van der Waals surface area contributed by atoms with Crippen LogP contribution in [0.1, 0.15) is 316 Å². The van der Waals surface area contributed by atoms with Crippen molar-refractivity contribution < 1.29 is 58.2 Å². The van der Waals surface area contributed by atoms with Crippen LogP contribution in [0.4, 0.5) is 0 Å². The van der Waals surface area contributed by atoms with Crippen LogP contribution in [0.25, 0.3) is 0 Å². The minimum Gasteiger partial charge on any atom is -0.479 e. The van der Waals surface area contributed by atoms with E-state index in [0.717, 1.165) is 77.0 Å². The van der Waals surface area contributed by atoms with E-state index in [1.807, 2.05) is 0 Å². The molecule has 6 atom stereocenters. The molecule has 0 aliphatic carbocycles. The Kier molecular flexibility index (Phi) is 49.0. The smallest absolute Gasteiger partial charge is 0.335 e. The fourth-order valence-corrected chi connectivity index (χ4v) is 9.95. The number of allylic oxidation sites excluding steroid dienone is 2. The van der Waals surface area contributed by atoms with Gasteiger partial charge in [-0.2, -0.15) is 0 Å². The fraction of sp³-hybridized carbons (Fsp3) is 0.905. The number of hydrogen-bond donors (Lipinski definition) is 3. The third-order valence-corrected chi connectivity index (χ3v) is 14.8. The Balaban J connectivity index is 2.65. The zero-order valence-corrected chi connectivity index (χ0v) is 48.6. The molecule has 12 nitrogen and oxygen atoms in total. The van der Waals surface area contributed by atoms with E-state index in [1.54, 1.807) is 0 Å². The summed E-state index contributed by atoms with van der Waals surface area (Å²) in [4.78, 5) is 51.2. The average molecular weight is 1070 g/mol. The van der Waals surface area contributed by atoms with Crippen molar-refractivity contribution in [2.24, 2.45) is 0 Å². The lowest BCUT2D eigenvalue weighted by Gasteiger charge is -2.40. The summed E-state index contributed by atoms with van der Waals surface area (Å²) in [6, 6.07) is 0. The van der Waals surface area contributed by atoms with E-state index in [9.17, 15) is 34.5 Å². The number of carboxylic acid groups (broad SMARTS) is 1. The van der Waals surface area contributed by atoms with Gasteiger partial charge in [0.05, 0.1) is 6.61 Å². The monoisotopic (exact) mass is 1060 g/mol. The zero-order valence-electron chi connectivity index (χ0n) is 48.6. The SMILES string of the molecule is CCCCCCCC/C=C\CCCCCCCC(=O)OC(COC(=O)CCCCCCCCCCCCCCCCCCC)COC1OC(C(=O)O)C(O)C(O)C1OC(=O)CCCCCCCCCCCCCCC. The molecule has 1 aliphatic rings. The van der Waals surface area contributed by atoms with E-state index >= 15 is 0 Å². The molecule has 0 spiro atoms. The number of carbonyl (C=O) groups excluding carboxylic acids is 3. The molecule has 6 unspecified atom stereocenters. The second kappa shape index (κ2) is 52.2. The summed E-state index contributed by atoms with van der Waals surface area (Å²) in [6.07, 6.45) is 46.0. The molecular weight excluding hydrogens is 949 g/mol. The van der Waals surface area contributed by atoms with Crippen molar-refractivity contribution in [2.75, 3.05) is 13.2 Å². The molecule has 0 aromatic carbocycles. The van der Waals surface area contributed by atoms with Gasteiger partial charge >= 0.3 is 23.9 Å². The van der Waals surface area contributed by atoms with Crippen molar-refractivity contribution in [1.82, 2.24) is 0 Å². The van der Waals surface area contributed by atoms with Gasteiger partial charge < -0.3 is 39.0 Å². The van der Waals surface area contributed by atoms with Crippen molar-refractivity contribution in [3.05, 3.63) is 12.2 Å². The van der Waals surface area contributed by atoms with E-state index in [0.29, 0.717) is 19.3 Å². The second-order valence-electron chi connectivity index (χ2n) is 22.1. The molecule has 1 heterocycles. The highest BCUT2D eigenvalue weighted by Gasteiger charge is 2.50. The van der Waals surface area contributed by atoms with E-state index in [2.05, 4.69) is 32.9 Å². The molecule has 0 bridgehead atoms. The maximum Gasteiger partial charge on any atom is 0.335 e. The Hall–Kier alpha value is -2.54. The normalized spacial score (nSPS) is 18.1. The Labute approximate surface area is 458 Å². The molecule has 1 saturated heterocycles. The molecule has 0 radical (unpaired) electrons. The van der Waals surface area contributed by atoms with E-state index in [4.69, 9.17) is 23.7 Å². The number of hydrogen-bond acceptors (Lipinski definition) is 11. The molecule has 1 rings (SSSR count). The first kappa shape index (κ1) is 70.5. The number of carbonyl (C=O) groups is 4. The number of aliphatic carboxylic acids is 1. The molecule has 0 saturated carbocycles. The lowest BCUT2D eigenvalue weighted by atomic mass is 9.98. The van der Waals surface area contributed by atoms with Gasteiger partial charge in [0.2, 0.25) is 0 Å². The van der Waals surface area contributed by atoms with Crippen molar-refractivity contribution in [3.8, 4) is 0 Å². The topological polar surface area (TPSA) is 175 Å². The van der Waals surface area contributed by atoms with Gasteiger partial charge in [0.25, 0.3) is 0 Å². The van der Waals surface area contributed by atoms with Gasteiger partial charge in [-0.15, -0.1) is 0 Å². The van der Waals surface area contributed by atoms with Gasteiger partial charge in [0.15, 0.2) is 24.6 Å². The fourth-order valence-electron chi connectivity index (χ4n) is 9.95. The summed E-state index contributed by atoms with van der Waals surface area (Å²) in [5.74, 6) is -3.09. The summed E-state index contributed by atoms with van der Waals surface area (Å²) in [6.45, 7) is 6.03. The molecule has 1 aliphatic heterocycles. The Morgan fingerprint density at radius 3 is 1.13 bits per heavy atom. The minimum absolute atomic E-state index is 0.0676. The number of ether oxygens (including phenoxy) is 5. The van der Waals surface area contributed by atoms with Crippen LogP contribution in [0.5, 0.6) is 0 Å². The van der Waals surface area contributed by atoms with Crippen LogP contribution in [0.2, 0.25) is 0 Å². The van der Waals surface area contributed by atoms with E-state index in [1.165, 1.54) is 180 Å². The van der Waals surface area contributed by atoms with E-state index < -0.39 is 67.3 Å². The quantitative estimate of drug-likeness (QED) is 0.0228. The van der Waals surface area contributed by atoms with Gasteiger partial charge in [-0.05, 0) is 44.9 Å². The molecule has 0 aromatic heterocycles. The van der Waals surface area contributed by atoms with Crippen molar-refractivity contribution in [3.63, 3.8) is 0 Å². The Morgan fingerprint density at radius 1 is 0.427 bits per heavy atom. The van der Waals surface area contributed by atoms with Crippen LogP contribution in [0.3, 0.4) is 0 Å². The number of aliphatic hydroxyl groups is 2. The van der Waals surface area contributed by atoms with Crippen molar-refractivity contribution in [1.29, 1.82) is 0 Å². The van der Waals surface area contributed by atoms with Gasteiger partial charge in [-0.25, -0.2) is 4.79 Å². The average Bonchev–Trinajstić information content (AvgIpc) is 3.39. The van der Waals surface area contributed by atoms with Crippen LogP contribution in [0, 0.1) is 0 Å². The van der Waals surface area contributed by atoms with Crippen molar-refractivity contribution in [2.45, 2.75) is 353 Å². The minimum atomic E-state index is -1.90. The predicted molar refractivity (Wildman–Crippen MR) is 304 cm³/mol. The maximum atomic E-state index is 13.2. The van der Waals surface area contributed by atoms with Gasteiger partial charge in [-0.3, -0.25) is 14.4 Å². The standard InChI is InChI=1S/C63H116O12/c1-4-7-10-13-16-19-22-25-27-28-30-32-34-37-40-43-46-49-55(64)71-52-54(73-56(65)50-47-44-41-38-36-33-29-26-23-20-17-14-11-8-5-2)53-72-63-61(59(68)58(67)60(75-63)62(69)70)74-57(66)51-48-45-42-39-35-31-24-21-18-15-12-9-6-3/h26,29,54,58-61,63,67-68H,4-25,27-28,30-53H2,1-3H3,(H,69,70)/b29-26-.